The van der Waals surface area contributed by atoms with Crippen LogP contribution < -0.4 is 0 Å². The normalized spacial score (nSPS) is 12.9. The minimum Gasteiger partial charge on any atom is -0.211 e. The van der Waals surface area contributed by atoms with Crippen LogP contribution in [0.4, 0.5) is 0 Å². The van der Waals surface area contributed by atoms with Gasteiger partial charge in [0.1, 0.15) is 0 Å². The molecule has 0 aromatic heterocycles. The van der Waals surface area contributed by atoms with E-state index >= 15 is 0 Å². The summed E-state index contributed by atoms with van der Waals surface area (Å²) in [4.78, 5) is 13.3. The number of aliphatic imine (C=N–C) groups is 1. The molecule has 1 atom stereocenters. The lowest BCUT2D eigenvalue weighted by atomic mass is 10.0. The zero-order valence-corrected chi connectivity index (χ0v) is 7.21. The predicted molar refractivity (Wildman–Crippen MR) is 46.2 cm³/mol. The molecule has 0 N–H and O–H groups in total. The highest BCUT2D eigenvalue weighted by Crippen LogP contribution is 2.08. The highest BCUT2D eigenvalue weighted by Gasteiger charge is 2.01. The van der Waals surface area contributed by atoms with Gasteiger partial charge >= 0.3 is 0 Å². The second kappa shape index (κ2) is 7.23. The van der Waals surface area contributed by atoms with E-state index < -0.39 is 0 Å². The molecule has 0 saturated carbocycles. The maximum Gasteiger partial charge on any atom is 0.234 e. The van der Waals surface area contributed by atoms with Crippen LogP contribution in [0, 0.1) is 5.92 Å². The van der Waals surface area contributed by atoms with Crippen molar-refractivity contribution in [3.8, 4) is 0 Å². The van der Waals surface area contributed by atoms with Gasteiger partial charge < -0.3 is 0 Å². The molecule has 11 heavy (non-hydrogen) atoms. The van der Waals surface area contributed by atoms with Crippen LogP contribution in [0.5, 0.6) is 0 Å². The van der Waals surface area contributed by atoms with Crippen LogP contribution in [0.25, 0.3) is 0 Å². The Kier molecular flexibility index (Phi) is 6.65. The third-order valence-electron chi connectivity index (χ3n) is 1.70. The molecule has 0 radical (unpaired) electrons. The summed E-state index contributed by atoms with van der Waals surface area (Å²) in [6.07, 6.45) is 7.76. The van der Waals surface area contributed by atoms with E-state index in [9.17, 15) is 4.79 Å². The number of allylic oxidation sites excluding steroid dienone is 2. The van der Waals surface area contributed by atoms with E-state index in [-0.39, 0.29) is 0 Å². The minimum atomic E-state index is 0.507. The molecule has 0 rings (SSSR count). The fourth-order valence-electron chi connectivity index (χ4n) is 0.865. The van der Waals surface area contributed by atoms with Gasteiger partial charge in [-0.3, -0.25) is 0 Å². The number of nitrogens with zero attached hydrogens (tertiary/aromatic N) is 1. The lowest BCUT2D eigenvalue weighted by Crippen LogP contribution is -2.00. The molecule has 0 aliphatic heterocycles. The third-order valence-corrected chi connectivity index (χ3v) is 1.70. The first-order valence-electron chi connectivity index (χ1n) is 3.99. The van der Waals surface area contributed by atoms with Gasteiger partial charge in [-0.2, -0.15) is 0 Å². The summed E-state index contributed by atoms with van der Waals surface area (Å²) in [5.74, 6) is 0.507. The number of carbonyl (C=O) groups excluding carboxylic acids is 1. The Morgan fingerprint density at radius 1 is 1.64 bits per heavy atom. The number of hydrogen-bond donors (Lipinski definition) is 0. The van der Waals surface area contributed by atoms with Crippen molar-refractivity contribution in [2.24, 2.45) is 10.9 Å². The van der Waals surface area contributed by atoms with Gasteiger partial charge in [0.25, 0.3) is 0 Å². The van der Waals surface area contributed by atoms with Crippen LogP contribution >= 0.6 is 0 Å². The fraction of sp³-hybridized carbons (Fsp3) is 0.667. The van der Waals surface area contributed by atoms with Crippen molar-refractivity contribution in [1.82, 2.24) is 0 Å². The zero-order valence-electron chi connectivity index (χ0n) is 7.21. The van der Waals surface area contributed by atoms with E-state index in [0.29, 0.717) is 12.5 Å². The van der Waals surface area contributed by atoms with Gasteiger partial charge in [0.2, 0.25) is 6.08 Å². The summed E-state index contributed by atoms with van der Waals surface area (Å²) >= 11 is 0. The average molecular weight is 153 g/mol. The number of rotatable bonds is 5. The molecule has 2 heteroatoms. The van der Waals surface area contributed by atoms with E-state index in [1.807, 2.05) is 13.0 Å². The molecule has 0 amide bonds. The van der Waals surface area contributed by atoms with Crippen LogP contribution in [0.2, 0.25) is 0 Å². The lowest BCUT2D eigenvalue weighted by molar-refractivity contribution is 0.519. The maximum atomic E-state index is 9.79. The molecular formula is C9H15NO. The SMILES string of the molecule is CC=CCC(CC)CN=C=O. The van der Waals surface area contributed by atoms with Crippen molar-refractivity contribution in [2.45, 2.75) is 26.7 Å². The quantitative estimate of drug-likeness (QED) is 0.338. The van der Waals surface area contributed by atoms with E-state index in [1.165, 1.54) is 0 Å². The summed E-state index contributed by atoms with van der Waals surface area (Å²) in [5.41, 5.74) is 0. The molecular weight excluding hydrogens is 138 g/mol. The molecule has 0 fully saturated rings. The Morgan fingerprint density at radius 3 is 2.82 bits per heavy atom. The Labute approximate surface area is 68.0 Å². The van der Waals surface area contributed by atoms with Gasteiger partial charge in [0.05, 0.1) is 6.54 Å². The highest BCUT2D eigenvalue weighted by atomic mass is 16.1. The fourth-order valence-corrected chi connectivity index (χ4v) is 0.865. The minimum absolute atomic E-state index is 0.507. The van der Waals surface area contributed by atoms with Gasteiger partial charge in [0, 0.05) is 0 Å². The molecule has 0 aliphatic carbocycles. The van der Waals surface area contributed by atoms with Crippen LogP contribution in [0.3, 0.4) is 0 Å². The standard InChI is InChI=1S/C9H15NO/c1-3-5-6-9(4-2)7-10-8-11/h3,5,9H,4,6-7H2,1-2H3. The van der Waals surface area contributed by atoms with Gasteiger partial charge in [-0.15, -0.1) is 0 Å². The second-order valence-electron chi connectivity index (χ2n) is 2.51. The lowest BCUT2D eigenvalue weighted by Gasteiger charge is -2.06. The Balaban J connectivity index is 3.65. The van der Waals surface area contributed by atoms with E-state index in [0.717, 1.165) is 12.8 Å². The first kappa shape index (κ1) is 10.1. The smallest absolute Gasteiger partial charge is 0.211 e. The summed E-state index contributed by atoms with van der Waals surface area (Å²) in [7, 11) is 0. The molecule has 1 unspecified atom stereocenters. The Bertz CT molecular complexity index is 157. The zero-order chi connectivity index (χ0) is 8.53. The predicted octanol–water partition coefficient (Wildman–Crippen LogP) is 2.31. The van der Waals surface area contributed by atoms with Crippen molar-refractivity contribution >= 4 is 6.08 Å². The van der Waals surface area contributed by atoms with Crippen LogP contribution in [-0.4, -0.2) is 12.6 Å². The molecule has 0 aliphatic rings. The molecule has 0 aromatic carbocycles. The Morgan fingerprint density at radius 2 is 2.36 bits per heavy atom. The van der Waals surface area contributed by atoms with Crippen LogP contribution in [0.15, 0.2) is 17.1 Å². The van der Waals surface area contributed by atoms with E-state index in [1.54, 1.807) is 6.08 Å². The van der Waals surface area contributed by atoms with Gasteiger partial charge in [-0.1, -0.05) is 25.5 Å². The van der Waals surface area contributed by atoms with E-state index in [2.05, 4.69) is 18.0 Å². The second-order valence-corrected chi connectivity index (χ2v) is 2.51. The van der Waals surface area contributed by atoms with Crippen molar-refractivity contribution in [1.29, 1.82) is 0 Å². The molecule has 0 aromatic rings. The van der Waals surface area contributed by atoms with E-state index in [4.69, 9.17) is 0 Å². The average Bonchev–Trinajstić information content (AvgIpc) is 2.05. The van der Waals surface area contributed by atoms with Crippen LogP contribution in [0.1, 0.15) is 26.7 Å². The van der Waals surface area contributed by atoms with Crippen LogP contribution in [-0.2, 0) is 4.79 Å². The Hall–Kier alpha value is -0.880. The number of hydrogen-bond acceptors (Lipinski definition) is 2. The van der Waals surface area contributed by atoms with Gasteiger partial charge in [-0.25, -0.2) is 9.79 Å². The summed E-state index contributed by atoms with van der Waals surface area (Å²) < 4.78 is 0. The molecule has 0 saturated heterocycles. The topological polar surface area (TPSA) is 29.4 Å². The van der Waals surface area contributed by atoms with Crippen molar-refractivity contribution in [3.05, 3.63) is 12.2 Å². The molecule has 0 spiro atoms. The first-order valence-corrected chi connectivity index (χ1v) is 3.99. The third kappa shape index (κ3) is 5.56. The van der Waals surface area contributed by atoms with Crippen molar-refractivity contribution < 1.29 is 4.79 Å². The largest absolute Gasteiger partial charge is 0.234 e. The first-order chi connectivity index (χ1) is 5.35. The molecule has 0 bridgehead atoms. The highest BCUT2D eigenvalue weighted by molar-refractivity contribution is 5.32. The maximum absolute atomic E-state index is 9.79. The van der Waals surface area contributed by atoms with Gasteiger partial charge in [-0.05, 0) is 19.3 Å². The monoisotopic (exact) mass is 153 g/mol. The van der Waals surface area contributed by atoms with Gasteiger partial charge in [0.15, 0.2) is 0 Å². The summed E-state index contributed by atoms with van der Waals surface area (Å²) in [6.45, 7) is 4.72. The van der Waals surface area contributed by atoms with Crippen molar-refractivity contribution in [2.75, 3.05) is 6.54 Å². The summed E-state index contributed by atoms with van der Waals surface area (Å²) in [5, 5.41) is 0. The summed E-state index contributed by atoms with van der Waals surface area (Å²) in [6, 6.07) is 0. The number of isocyanates is 1. The molecule has 2 nitrogen and oxygen atoms in total. The van der Waals surface area contributed by atoms with Crippen molar-refractivity contribution in [3.63, 3.8) is 0 Å². The molecule has 0 heterocycles. The molecule has 62 valence electrons.